The quantitative estimate of drug-likeness (QED) is 0.640. The predicted octanol–water partition coefficient (Wildman–Crippen LogP) is 2.16. The summed E-state index contributed by atoms with van der Waals surface area (Å²) in [6, 6.07) is 9.14. The van der Waals surface area contributed by atoms with Gasteiger partial charge in [0.15, 0.2) is 5.78 Å². The molecule has 0 bridgehead atoms. The van der Waals surface area contributed by atoms with Crippen LogP contribution < -0.4 is 0 Å². The second kappa shape index (κ2) is 4.22. The average Bonchev–Trinajstić information content (AvgIpc) is 2.15. The van der Waals surface area contributed by atoms with Gasteiger partial charge in [0.05, 0.1) is 11.6 Å². The standard InChI is InChI=1S/C11H9NO/c1-9(13)5-6-10-3-2-4-11(7-10)8-12/h2-7H,1H3/b6-5-. The summed E-state index contributed by atoms with van der Waals surface area (Å²) in [6.45, 7) is 1.49. The molecule has 13 heavy (non-hydrogen) atoms. The highest BCUT2D eigenvalue weighted by molar-refractivity contribution is 5.91. The van der Waals surface area contributed by atoms with Crippen molar-refractivity contribution in [2.24, 2.45) is 0 Å². The van der Waals surface area contributed by atoms with E-state index in [0.29, 0.717) is 5.56 Å². The summed E-state index contributed by atoms with van der Waals surface area (Å²) in [7, 11) is 0. The fourth-order valence-electron chi connectivity index (χ4n) is 0.925. The molecule has 1 rings (SSSR count). The lowest BCUT2D eigenvalue weighted by atomic mass is 10.1. The first-order chi connectivity index (χ1) is 6.22. The maximum Gasteiger partial charge on any atom is 0.152 e. The Morgan fingerprint density at radius 1 is 1.54 bits per heavy atom. The van der Waals surface area contributed by atoms with Gasteiger partial charge in [-0.2, -0.15) is 5.26 Å². The Kier molecular flexibility index (Phi) is 2.99. The van der Waals surface area contributed by atoms with Crippen LogP contribution in [0.2, 0.25) is 0 Å². The van der Waals surface area contributed by atoms with E-state index in [-0.39, 0.29) is 5.78 Å². The molecule has 0 saturated carbocycles. The van der Waals surface area contributed by atoms with Crippen molar-refractivity contribution in [1.82, 2.24) is 0 Å². The summed E-state index contributed by atoms with van der Waals surface area (Å²) in [5.74, 6) is 0.00219. The largest absolute Gasteiger partial charge is 0.295 e. The van der Waals surface area contributed by atoms with E-state index >= 15 is 0 Å². The Balaban J connectivity index is 2.91. The van der Waals surface area contributed by atoms with Gasteiger partial charge in [0, 0.05) is 0 Å². The maximum absolute atomic E-state index is 10.6. The molecule has 0 N–H and O–H groups in total. The molecule has 0 atom stereocenters. The third-order valence-corrected chi connectivity index (χ3v) is 1.53. The van der Waals surface area contributed by atoms with Crippen molar-refractivity contribution < 1.29 is 4.79 Å². The molecule has 1 aromatic rings. The number of benzene rings is 1. The number of carbonyl (C=O) groups is 1. The first kappa shape index (κ1) is 9.21. The Labute approximate surface area is 77.1 Å². The molecule has 0 heterocycles. The first-order valence-corrected chi connectivity index (χ1v) is 3.91. The second-order valence-electron chi connectivity index (χ2n) is 2.68. The molecule has 2 nitrogen and oxygen atoms in total. The minimum absolute atomic E-state index is 0.00219. The summed E-state index contributed by atoms with van der Waals surface area (Å²) >= 11 is 0. The van der Waals surface area contributed by atoms with Gasteiger partial charge in [0.25, 0.3) is 0 Å². The summed E-state index contributed by atoms with van der Waals surface area (Å²) in [6.07, 6.45) is 3.18. The van der Waals surface area contributed by atoms with Crippen LogP contribution in [-0.2, 0) is 4.79 Å². The number of rotatable bonds is 2. The molecule has 2 heteroatoms. The van der Waals surface area contributed by atoms with Crippen molar-refractivity contribution in [3.63, 3.8) is 0 Å². The van der Waals surface area contributed by atoms with Crippen LogP contribution in [0.15, 0.2) is 30.3 Å². The molecule has 0 spiro atoms. The Bertz CT molecular complexity index is 385. The Morgan fingerprint density at radius 2 is 2.31 bits per heavy atom. The van der Waals surface area contributed by atoms with Crippen molar-refractivity contribution in [3.8, 4) is 6.07 Å². The van der Waals surface area contributed by atoms with Crippen LogP contribution in [0.5, 0.6) is 0 Å². The van der Waals surface area contributed by atoms with Crippen LogP contribution in [0.25, 0.3) is 6.08 Å². The molecule has 0 saturated heterocycles. The van der Waals surface area contributed by atoms with E-state index in [1.165, 1.54) is 13.0 Å². The second-order valence-corrected chi connectivity index (χ2v) is 2.68. The first-order valence-electron chi connectivity index (χ1n) is 3.91. The fourth-order valence-corrected chi connectivity index (χ4v) is 0.925. The zero-order chi connectivity index (χ0) is 9.68. The molecule has 0 amide bonds. The molecule has 1 aromatic carbocycles. The van der Waals surface area contributed by atoms with Gasteiger partial charge in [-0.3, -0.25) is 4.79 Å². The molecular formula is C11H9NO. The molecule has 64 valence electrons. The zero-order valence-electron chi connectivity index (χ0n) is 7.32. The van der Waals surface area contributed by atoms with Gasteiger partial charge in [-0.1, -0.05) is 18.2 Å². The van der Waals surface area contributed by atoms with Crippen LogP contribution in [0.3, 0.4) is 0 Å². The van der Waals surface area contributed by atoms with Crippen molar-refractivity contribution in [3.05, 3.63) is 41.5 Å². The van der Waals surface area contributed by atoms with E-state index in [0.717, 1.165) is 5.56 Å². The number of carbonyl (C=O) groups excluding carboxylic acids is 1. The van der Waals surface area contributed by atoms with Crippen molar-refractivity contribution >= 4 is 11.9 Å². The van der Waals surface area contributed by atoms with Gasteiger partial charge in [-0.15, -0.1) is 0 Å². The summed E-state index contributed by atoms with van der Waals surface area (Å²) in [5.41, 5.74) is 1.47. The predicted molar refractivity (Wildman–Crippen MR) is 50.9 cm³/mol. The number of nitriles is 1. The van der Waals surface area contributed by atoms with Gasteiger partial charge >= 0.3 is 0 Å². The van der Waals surface area contributed by atoms with E-state index in [1.54, 1.807) is 24.3 Å². The monoisotopic (exact) mass is 171 g/mol. The van der Waals surface area contributed by atoms with Crippen LogP contribution in [0.4, 0.5) is 0 Å². The van der Waals surface area contributed by atoms with Crippen LogP contribution >= 0.6 is 0 Å². The molecular weight excluding hydrogens is 162 g/mol. The minimum Gasteiger partial charge on any atom is -0.295 e. The molecule has 0 unspecified atom stereocenters. The summed E-state index contributed by atoms with van der Waals surface area (Å²) in [4.78, 5) is 10.6. The highest BCUT2D eigenvalue weighted by atomic mass is 16.1. The van der Waals surface area contributed by atoms with Gasteiger partial charge in [-0.05, 0) is 30.7 Å². The van der Waals surface area contributed by atoms with Crippen LogP contribution in [0, 0.1) is 11.3 Å². The number of hydrogen-bond acceptors (Lipinski definition) is 2. The van der Waals surface area contributed by atoms with Crippen molar-refractivity contribution in [2.75, 3.05) is 0 Å². The zero-order valence-corrected chi connectivity index (χ0v) is 7.32. The van der Waals surface area contributed by atoms with Gasteiger partial charge in [0.2, 0.25) is 0 Å². The number of hydrogen-bond donors (Lipinski definition) is 0. The summed E-state index contributed by atoms with van der Waals surface area (Å²) in [5, 5.41) is 8.60. The number of allylic oxidation sites excluding steroid dienone is 1. The lowest BCUT2D eigenvalue weighted by Crippen LogP contribution is -1.81. The SMILES string of the molecule is CC(=O)/C=C\c1cccc(C#N)c1. The molecule has 0 aliphatic rings. The fraction of sp³-hybridized carbons (Fsp3) is 0.0909. The molecule has 0 aliphatic carbocycles. The van der Waals surface area contributed by atoms with E-state index < -0.39 is 0 Å². The molecule has 0 aliphatic heterocycles. The number of nitrogens with zero attached hydrogens (tertiary/aromatic N) is 1. The topological polar surface area (TPSA) is 40.9 Å². The third-order valence-electron chi connectivity index (χ3n) is 1.53. The molecule has 0 radical (unpaired) electrons. The maximum atomic E-state index is 10.6. The summed E-state index contributed by atoms with van der Waals surface area (Å²) < 4.78 is 0. The molecule has 0 aromatic heterocycles. The van der Waals surface area contributed by atoms with E-state index in [1.807, 2.05) is 12.1 Å². The van der Waals surface area contributed by atoms with Crippen molar-refractivity contribution in [2.45, 2.75) is 6.92 Å². The van der Waals surface area contributed by atoms with E-state index in [4.69, 9.17) is 5.26 Å². The van der Waals surface area contributed by atoms with Crippen LogP contribution in [0.1, 0.15) is 18.1 Å². The highest BCUT2D eigenvalue weighted by Gasteiger charge is 1.90. The van der Waals surface area contributed by atoms with Crippen molar-refractivity contribution in [1.29, 1.82) is 5.26 Å². The Morgan fingerprint density at radius 3 is 2.92 bits per heavy atom. The van der Waals surface area contributed by atoms with Crippen LogP contribution in [-0.4, -0.2) is 5.78 Å². The van der Waals surface area contributed by atoms with Gasteiger partial charge in [0.1, 0.15) is 0 Å². The average molecular weight is 171 g/mol. The van der Waals surface area contributed by atoms with Gasteiger partial charge < -0.3 is 0 Å². The normalized spacial score (nSPS) is 9.85. The van der Waals surface area contributed by atoms with Gasteiger partial charge in [-0.25, -0.2) is 0 Å². The number of ketones is 1. The lowest BCUT2D eigenvalue weighted by molar-refractivity contribution is -0.112. The highest BCUT2D eigenvalue weighted by Crippen LogP contribution is 2.05. The smallest absolute Gasteiger partial charge is 0.152 e. The Hall–Kier alpha value is -1.88. The van der Waals surface area contributed by atoms with E-state index in [2.05, 4.69) is 0 Å². The lowest BCUT2D eigenvalue weighted by Gasteiger charge is -1.92. The molecule has 0 fully saturated rings. The van der Waals surface area contributed by atoms with E-state index in [9.17, 15) is 4.79 Å². The third kappa shape index (κ3) is 2.92. The minimum atomic E-state index is 0.00219.